The van der Waals surface area contributed by atoms with Gasteiger partial charge in [0.05, 0.1) is 10.5 Å². The minimum atomic E-state index is -2.95. The predicted molar refractivity (Wildman–Crippen MR) is 108 cm³/mol. The van der Waals surface area contributed by atoms with Crippen molar-refractivity contribution in [1.82, 2.24) is 0 Å². The Morgan fingerprint density at radius 2 is 1.64 bits per heavy atom. The van der Waals surface area contributed by atoms with Gasteiger partial charge in [-0.1, -0.05) is 51.3 Å². The van der Waals surface area contributed by atoms with Crippen LogP contribution in [0.25, 0.3) is 0 Å². The molecule has 1 aliphatic rings. The van der Waals surface area contributed by atoms with Gasteiger partial charge in [-0.15, -0.1) is 0 Å². The molecular formula is C22H36O2S. The van der Waals surface area contributed by atoms with Crippen LogP contribution >= 0.6 is 0 Å². The molecule has 1 aromatic rings. The smallest absolute Gasteiger partial charge is 0.155 e. The standard InChI is InChI=1S/C22H36O2S/c1-17-15-20-16-19(12-13-21(20)18(17)2)11-9-7-6-8-10-14-25(23,24)22(3,4)5/h12-13,16-18H,6-11,14-15H2,1-5H3. The molecule has 0 saturated carbocycles. The van der Waals surface area contributed by atoms with Crippen LogP contribution in [0.15, 0.2) is 18.2 Å². The number of hydrogen-bond donors (Lipinski definition) is 0. The second kappa shape index (κ2) is 8.24. The Hall–Kier alpha value is -0.830. The Labute approximate surface area is 155 Å². The van der Waals surface area contributed by atoms with Crippen molar-refractivity contribution in [3.63, 3.8) is 0 Å². The average Bonchev–Trinajstić information content (AvgIpc) is 2.79. The normalized spacial score (nSPS) is 20.7. The number of benzene rings is 1. The average molecular weight is 365 g/mol. The maximum Gasteiger partial charge on any atom is 0.155 e. The molecule has 0 saturated heterocycles. The first-order valence-electron chi connectivity index (χ1n) is 9.96. The van der Waals surface area contributed by atoms with E-state index in [1.807, 2.05) is 0 Å². The Bertz CT molecular complexity index is 668. The molecule has 0 amide bonds. The number of fused-ring (bicyclic) bond motifs is 1. The van der Waals surface area contributed by atoms with Crippen molar-refractivity contribution in [2.45, 2.75) is 90.2 Å². The van der Waals surface area contributed by atoms with Crippen molar-refractivity contribution < 1.29 is 8.42 Å². The van der Waals surface area contributed by atoms with Crippen LogP contribution in [0.2, 0.25) is 0 Å². The summed E-state index contributed by atoms with van der Waals surface area (Å²) in [5, 5.41) is 0. The van der Waals surface area contributed by atoms with Gasteiger partial charge in [0.1, 0.15) is 0 Å². The van der Waals surface area contributed by atoms with Crippen molar-refractivity contribution in [2.24, 2.45) is 5.92 Å². The van der Waals surface area contributed by atoms with Gasteiger partial charge in [0.25, 0.3) is 0 Å². The highest BCUT2D eigenvalue weighted by atomic mass is 32.2. The summed E-state index contributed by atoms with van der Waals surface area (Å²) in [4.78, 5) is 0. The molecule has 2 nitrogen and oxygen atoms in total. The van der Waals surface area contributed by atoms with E-state index in [0.29, 0.717) is 11.7 Å². The molecule has 2 rings (SSSR count). The van der Waals surface area contributed by atoms with E-state index in [1.54, 1.807) is 31.9 Å². The van der Waals surface area contributed by atoms with Crippen LogP contribution in [-0.4, -0.2) is 18.9 Å². The largest absolute Gasteiger partial charge is 0.228 e. The Balaban J connectivity index is 1.65. The molecule has 0 spiro atoms. The van der Waals surface area contributed by atoms with Gasteiger partial charge in [-0.2, -0.15) is 0 Å². The summed E-state index contributed by atoms with van der Waals surface area (Å²) in [6.07, 6.45) is 7.74. The van der Waals surface area contributed by atoms with E-state index in [9.17, 15) is 8.42 Å². The molecule has 0 heterocycles. The fourth-order valence-corrected chi connectivity index (χ4v) is 4.92. The van der Waals surface area contributed by atoms with Crippen molar-refractivity contribution in [1.29, 1.82) is 0 Å². The number of rotatable bonds is 8. The van der Waals surface area contributed by atoms with Crippen molar-refractivity contribution in [3.8, 4) is 0 Å². The molecule has 3 heteroatoms. The van der Waals surface area contributed by atoms with Crippen LogP contribution in [0.3, 0.4) is 0 Å². The SMILES string of the molecule is CC1Cc2cc(CCCCCCCS(=O)(=O)C(C)(C)C)ccc2C1C. The van der Waals surface area contributed by atoms with Crippen LogP contribution < -0.4 is 0 Å². The summed E-state index contributed by atoms with van der Waals surface area (Å²) in [5.41, 5.74) is 4.58. The van der Waals surface area contributed by atoms with E-state index in [2.05, 4.69) is 32.0 Å². The summed E-state index contributed by atoms with van der Waals surface area (Å²) in [6.45, 7) is 10.1. The van der Waals surface area contributed by atoms with Crippen LogP contribution in [0, 0.1) is 5.92 Å². The maximum absolute atomic E-state index is 12.1. The second-order valence-electron chi connectivity index (χ2n) is 8.95. The molecule has 0 aromatic heterocycles. The highest BCUT2D eigenvalue weighted by molar-refractivity contribution is 7.92. The highest BCUT2D eigenvalue weighted by Gasteiger charge is 2.28. The lowest BCUT2D eigenvalue weighted by Gasteiger charge is -2.18. The highest BCUT2D eigenvalue weighted by Crippen LogP contribution is 2.37. The minimum absolute atomic E-state index is 0.331. The van der Waals surface area contributed by atoms with E-state index in [1.165, 1.54) is 24.8 Å². The third-order valence-electron chi connectivity index (χ3n) is 5.90. The molecule has 1 aromatic carbocycles. The Morgan fingerprint density at radius 3 is 2.32 bits per heavy atom. The lowest BCUT2D eigenvalue weighted by Crippen LogP contribution is -2.30. The molecule has 142 valence electrons. The van der Waals surface area contributed by atoms with Gasteiger partial charge in [-0.3, -0.25) is 0 Å². The molecule has 0 bridgehead atoms. The predicted octanol–water partition coefficient (Wildman–Crippen LogP) is 5.69. The molecule has 1 aliphatic carbocycles. The van der Waals surface area contributed by atoms with E-state index in [-0.39, 0.29) is 0 Å². The van der Waals surface area contributed by atoms with E-state index in [0.717, 1.165) is 31.6 Å². The van der Waals surface area contributed by atoms with Crippen molar-refractivity contribution in [2.75, 3.05) is 5.75 Å². The minimum Gasteiger partial charge on any atom is -0.228 e. The molecule has 0 radical (unpaired) electrons. The van der Waals surface area contributed by atoms with Crippen molar-refractivity contribution >= 4 is 9.84 Å². The molecule has 2 atom stereocenters. The van der Waals surface area contributed by atoms with Gasteiger partial charge in [0, 0.05) is 0 Å². The fraction of sp³-hybridized carbons (Fsp3) is 0.727. The molecule has 25 heavy (non-hydrogen) atoms. The quantitative estimate of drug-likeness (QED) is 0.555. The van der Waals surface area contributed by atoms with Gasteiger partial charge in [0.15, 0.2) is 9.84 Å². The summed E-state index contributed by atoms with van der Waals surface area (Å²) in [5.74, 6) is 1.81. The molecule has 2 unspecified atom stereocenters. The third-order valence-corrected chi connectivity index (χ3v) is 8.60. The lowest BCUT2D eigenvalue weighted by molar-refractivity contribution is 0.532. The number of sulfone groups is 1. The number of hydrogen-bond acceptors (Lipinski definition) is 2. The zero-order valence-electron chi connectivity index (χ0n) is 16.8. The summed E-state index contributed by atoms with van der Waals surface area (Å²) in [6, 6.07) is 7.07. The van der Waals surface area contributed by atoms with E-state index in [4.69, 9.17) is 0 Å². The molecule has 0 N–H and O–H groups in total. The summed E-state index contributed by atoms with van der Waals surface area (Å²) < 4.78 is 23.5. The van der Waals surface area contributed by atoms with Gasteiger partial charge < -0.3 is 0 Å². The zero-order valence-corrected chi connectivity index (χ0v) is 17.6. The van der Waals surface area contributed by atoms with Gasteiger partial charge in [0.2, 0.25) is 0 Å². The number of unbranched alkanes of at least 4 members (excludes halogenated alkanes) is 4. The summed E-state index contributed by atoms with van der Waals surface area (Å²) >= 11 is 0. The first-order chi connectivity index (χ1) is 11.6. The monoisotopic (exact) mass is 364 g/mol. The zero-order chi connectivity index (χ0) is 18.7. The van der Waals surface area contributed by atoms with Crippen molar-refractivity contribution in [3.05, 3.63) is 34.9 Å². The fourth-order valence-electron chi connectivity index (χ4n) is 3.72. The van der Waals surface area contributed by atoms with Crippen LogP contribution in [0.4, 0.5) is 0 Å². The topological polar surface area (TPSA) is 34.1 Å². The first kappa shape index (κ1) is 20.5. The molecule has 0 fully saturated rings. The van der Waals surface area contributed by atoms with Crippen LogP contribution in [0.1, 0.15) is 89.3 Å². The van der Waals surface area contributed by atoms with Gasteiger partial charge >= 0.3 is 0 Å². The van der Waals surface area contributed by atoms with Gasteiger partial charge in [-0.05, 0) is 75.0 Å². The number of aryl methyl sites for hydroxylation is 1. The Kier molecular flexibility index (Phi) is 6.75. The maximum atomic E-state index is 12.1. The Morgan fingerprint density at radius 1 is 1.00 bits per heavy atom. The van der Waals surface area contributed by atoms with E-state index < -0.39 is 14.6 Å². The first-order valence-corrected chi connectivity index (χ1v) is 11.6. The third kappa shape index (κ3) is 5.32. The molecule has 0 aliphatic heterocycles. The van der Waals surface area contributed by atoms with Crippen LogP contribution in [0.5, 0.6) is 0 Å². The van der Waals surface area contributed by atoms with Gasteiger partial charge in [-0.25, -0.2) is 8.42 Å². The van der Waals surface area contributed by atoms with E-state index >= 15 is 0 Å². The summed E-state index contributed by atoms with van der Waals surface area (Å²) in [7, 11) is -2.95. The molecular weight excluding hydrogens is 328 g/mol. The lowest BCUT2D eigenvalue weighted by atomic mass is 9.96. The van der Waals surface area contributed by atoms with Crippen LogP contribution in [-0.2, 0) is 22.7 Å². The second-order valence-corrected chi connectivity index (χ2v) is 11.8.